The molecule has 20 heavy (non-hydrogen) atoms. The standard InChI is InChI=1S/C16H18ClNOS/c1-2-18(11-14-4-3-5-15(17)10-14)16(19)7-6-13-8-9-20-12-13/h3-5,8-10,12H,2,6-7,11H2,1H3. The van der Waals surface area contributed by atoms with E-state index in [1.165, 1.54) is 5.56 Å². The van der Waals surface area contributed by atoms with Gasteiger partial charge in [-0.25, -0.2) is 0 Å². The van der Waals surface area contributed by atoms with E-state index >= 15 is 0 Å². The number of halogens is 1. The predicted octanol–water partition coefficient (Wildman–Crippen LogP) is 4.38. The number of carbonyl (C=O) groups is 1. The van der Waals surface area contributed by atoms with Gasteiger partial charge in [0.1, 0.15) is 0 Å². The van der Waals surface area contributed by atoms with E-state index in [4.69, 9.17) is 11.6 Å². The Morgan fingerprint density at radius 3 is 2.80 bits per heavy atom. The fraction of sp³-hybridized carbons (Fsp3) is 0.312. The van der Waals surface area contributed by atoms with Gasteiger partial charge in [0.25, 0.3) is 0 Å². The number of thiophene rings is 1. The van der Waals surface area contributed by atoms with Gasteiger partial charge in [-0.2, -0.15) is 11.3 Å². The Hall–Kier alpha value is -1.32. The summed E-state index contributed by atoms with van der Waals surface area (Å²) in [5.74, 6) is 0.193. The van der Waals surface area contributed by atoms with Crippen molar-refractivity contribution in [2.45, 2.75) is 26.3 Å². The van der Waals surface area contributed by atoms with Crippen LogP contribution in [0.5, 0.6) is 0 Å². The third kappa shape index (κ3) is 4.36. The van der Waals surface area contributed by atoms with Crippen molar-refractivity contribution in [2.75, 3.05) is 6.54 Å². The molecule has 0 saturated heterocycles. The highest BCUT2D eigenvalue weighted by molar-refractivity contribution is 7.07. The second-order valence-corrected chi connectivity index (χ2v) is 5.89. The number of hydrogen-bond donors (Lipinski definition) is 0. The van der Waals surface area contributed by atoms with Crippen molar-refractivity contribution in [1.82, 2.24) is 4.90 Å². The van der Waals surface area contributed by atoms with E-state index in [1.54, 1.807) is 11.3 Å². The Balaban J connectivity index is 1.92. The van der Waals surface area contributed by atoms with Gasteiger partial charge in [0.2, 0.25) is 5.91 Å². The van der Waals surface area contributed by atoms with Crippen LogP contribution >= 0.6 is 22.9 Å². The molecule has 0 radical (unpaired) electrons. The average molecular weight is 308 g/mol. The van der Waals surface area contributed by atoms with Crippen LogP contribution in [0, 0.1) is 0 Å². The monoisotopic (exact) mass is 307 g/mol. The fourth-order valence-corrected chi connectivity index (χ4v) is 2.99. The van der Waals surface area contributed by atoms with Crippen molar-refractivity contribution in [3.05, 3.63) is 57.2 Å². The molecule has 1 heterocycles. The van der Waals surface area contributed by atoms with Crippen LogP contribution in [0.4, 0.5) is 0 Å². The van der Waals surface area contributed by atoms with Crippen molar-refractivity contribution in [2.24, 2.45) is 0 Å². The summed E-state index contributed by atoms with van der Waals surface area (Å²) in [6.45, 7) is 3.35. The number of aryl methyl sites for hydroxylation is 1. The van der Waals surface area contributed by atoms with Crippen molar-refractivity contribution >= 4 is 28.8 Å². The lowest BCUT2D eigenvalue weighted by Crippen LogP contribution is -2.30. The third-order valence-electron chi connectivity index (χ3n) is 3.20. The zero-order chi connectivity index (χ0) is 14.4. The van der Waals surface area contributed by atoms with Gasteiger partial charge in [0, 0.05) is 24.5 Å². The molecular weight excluding hydrogens is 290 g/mol. The Kier molecular flexibility index (Phi) is 5.62. The molecule has 0 bridgehead atoms. The number of rotatable bonds is 6. The zero-order valence-corrected chi connectivity index (χ0v) is 13.1. The van der Waals surface area contributed by atoms with E-state index in [0.717, 1.165) is 18.5 Å². The van der Waals surface area contributed by atoms with Crippen LogP contribution in [-0.4, -0.2) is 17.4 Å². The Labute approximate surface area is 129 Å². The maximum atomic E-state index is 12.3. The molecule has 2 nitrogen and oxygen atoms in total. The van der Waals surface area contributed by atoms with E-state index in [9.17, 15) is 4.79 Å². The highest BCUT2D eigenvalue weighted by Crippen LogP contribution is 2.14. The number of carbonyl (C=O) groups excluding carboxylic acids is 1. The molecule has 1 aromatic heterocycles. The number of nitrogens with zero attached hydrogens (tertiary/aromatic N) is 1. The van der Waals surface area contributed by atoms with Crippen LogP contribution in [0.1, 0.15) is 24.5 Å². The van der Waals surface area contributed by atoms with Gasteiger partial charge < -0.3 is 4.90 Å². The number of benzene rings is 1. The minimum Gasteiger partial charge on any atom is -0.339 e. The van der Waals surface area contributed by atoms with Crippen LogP contribution in [0.2, 0.25) is 5.02 Å². The van der Waals surface area contributed by atoms with Gasteiger partial charge in [0.15, 0.2) is 0 Å². The summed E-state index contributed by atoms with van der Waals surface area (Å²) in [7, 11) is 0. The molecule has 106 valence electrons. The first-order valence-electron chi connectivity index (χ1n) is 6.72. The van der Waals surface area contributed by atoms with Gasteiger partial charge in [0.05, 0.1) is 0 Å². The third-order valence-corrected chi connectivity index (χ3v) is 4.17. The maximum absolute atomic E-state index is 12.3. The molecular formula is C16H18ClNOS. The van der Waals surface area contributed by atoms with Crippen molar-refractivity contribution in [1.29, 1.82) is 0 Å². The van der Waals surface area contributed by atoms with E-state index in [0.29, 0.717) is 18.0 Å². The Morgan fingerprint density at radius 1 is 1.30 bits per heavy atom. The Bertz CT molecular complexity index is 553. The molecule has 0 saturated carbocycles. The average Bonchev–Trinajstić information content (AvgIpc) is 2.95. The lowest BCUT2D eigenvalue weighted by atomic mass is 10.1. The van der Waals surface area contributed by atoms with E-state index in [2.05, 4.69) is 11.4 Å². The van der Waals surface area contributed by atoms with Gasteiger partial charge in [-0.15, -0.1) is 0 Å². The van der Waals surface area contributed by atoms with E-state index in [-0.39, 0.29) is 5.91 Å². The van der Waals surface area contributed by atoms with Crippen LogP contribution in [0.15, 0.2) is 41.1 Å². The van der Waals surface area contributed by atoms with Crippen molar-refractivity contribution in [3.8, 4) is 0 Å². The highest BCUT2D eigenvalue weighted by atomic mass is 35.5. The number of hydrogen-bond acceptors (Lipinski definition) is 2. The van der Waals surface area contributed by atoms with Crippen LogP contribution in [0.3, 0.4) is 0 Å². The van der Waals surface area contributed by atoms with Crippen LogP contribution < -0.4 is 0 Å². The summed E-state index contributed by atoms with van der Waals surface area (Å²) in [5.41, 5.74) is 2.31. The minimum absolute atomic E-state index is 0.193. The van der Waals surface area contributed by atoms with Gasteiger partial charge in [-0.3, -0.25) is 4.79 Å². The number of amides is 1. The lowest BCUT2D eigenvalue weighted by Gasteiger charge is -2.21. The van der Waals surface area contributed by atoms with E-state index in [1.807, 2.05) is 41.5 Å². The van der Waals surface area contributed by atoms with Gasteiger partial charge in [-0.1, -0.05) is 23.7 Å². The first-order chi connectivity index (χ1) is 9.69. The SMILES string of the molecule is CCN(Cc1cccc(Cl)c1)C(=O)CCc1ccsc1. The largest absolute Gasteiger partial charge is 0.339 e. The molecule has 0 N–H and O–H groups in total. The topological polar surface area (TPSA) is 20.3 Å². The molecule has 0 aliphatic heterocycles. The first kappa shape index (κ1) is 15.1. The lowest BCUT2D eigenvalue weighted by molar-refractivity contribution is -0.131. The minimum atomic E-state index is 0.193. The molecule has 0 atom stereocenters. The molecule has 0 aliphatic carbocycles. The molecule has 1 aromatic carbocycles. The molecule has 4 heteroatoms. The summed E-state index contributed by atoms with van der Waals surface area (Å²) in [6.07, 6.45) is 1.37. The van der Waals surface area contributed by atoms with Crippen molar-refractivity contribution in [3.63, 3.8) is 0 Å². The normalized spacial score (nSPS) is 10.5. The summed E-state index contributed by atoms with van der Waals surface area (Å²) >= 11 is 7.65. The molecule has 2 aromatic rings. The second kappa shape index (κ2) is 7.46. The van der Waals surface area contributed by atoms with Crippen LogP contribution in [-0.2, 0) is 17.8 Å². The van der Waals surface area contributed by atoms with Crippen LogP contribution in [0.25, 0.3) is 0 Å². The summed E-state index contributed by atoms with van der Waals surface area (Å²) in [4.78, 5) is 14.1. The summed E-state index contributed by atoms with van der Waals surface area (Å²) in [6, 6.07) is 9.75. The predicted molar refractivity (Wildman–Crippen MR) is 85.2 cm³/mol. The molecule has 0 spiro atoms. The zero-order valence-electron chi connectivity index (χ0n) is 11.5. The second-order valence-electron chi connectivity index (χ2n) is 4.67. The molecule has 1 amide bonds. The quantitative estimate of drug-likeness (QED) is 0.775. The smallest absolute Gasteiger partial charge is 0.223 e. The van der Waals surface area contributed by atoms with Crippen molar-refractivity contribution < 1.29 is 4.79 Å². The molecule has 0 fully saturated rings. The van der Waals surface area contributed by atoms with E-state index < -0.39 is 0 Å². The van der Waals surface area contributed by atoms with Gasteiger partial charge in [-0.05, 0) is 53.4 Å². The van der Waals surface area contributed by atoms with Gasteiger partial charge >= 0.3 is 0 Å². The molecule has 0 unspecified atom stereocenters. The first-order valence-corrected chi connectivity index (χ1v) is 8.04. The Morgan fingerprint density at radius 2 is 2.15 bits per heavy atom. The highest BCUT2D eigenvalue weighted by Gasteiger charge is 2.12. The maximum Gasteiger partial charge on any atom is 0.223 e. The fourth-order valence-electron chi connectivity index (χ4n) is 2.08. The summed E-state index contributed by atoms with van der Waals surface area (Å²) in [5, 5.41) is 4.86. The molecule has 2 rings (SSSR count). The summed E-state index contributed by atoms with van der Waals surface area (Å²) < 4.78 is 0. The molecule has 0 aliphatic rings.